The minimum Gasteiger partial charge on any atom is -0.423 e. The van der Waals surface area contributed by atoms with Crippen molar-refractivity contribution in [1.82, 2.24) is 0 Å². The molecule has 0 bridgehead atoms. The van der Waals surface area contributed by atoms with Gasteiger partial charge in [-0.15, -0.1) is 0 Å². The summed E-state index contributed by atoms with van der Waals surface area (Å²) in [6.07, 6.45) is 0.105. The lowest BCUT2D eigenvalue weighted by atomic mass is 9.80. The molecule has 1 atom stereocenters. The summed E-state index contributed by atoms with van der Waals surface area (Å²) in [5.41, 5.74) is 6.44. The van der Waals surface area contributed by atoms with Gasteiger partial charge in [-0.05, 0) is 29.4 Å². The van der Waals surface area contributed by atoms with Gasteiger partial charge in [0.15, 0.2) is 0 Å². The Balaban J connectivity index is 0.000000344. The van der Waals surface area contributed by atoms with Gasteiger partial charge in [-0.2, -0.15) is 0 Å². The molecule has 5 nitrogen and oxygen atoms in total. The predicted molar refractivity (Wildman–Crippen MR) is 77.8 cm³/mol. The lowest BCUT2D eigenvalue weighted by Gasteiger charge is -2.20. The van der Waals surface area contributed by atoms with Gasteiger partial charge in [-0.3, -0.25) is 0 Å². The Morgan fingerprint density at radius 1 is 1.26 bits per heavy atom. The Morgan fingerprint density at radius 3 is 2.11 bits per heavy atom. The summed E-state index contributed by atoms with van der Waals surface area (Å²) in [7, 11) is -1.43. The summed E-state index contributed by atoms with van der Waals surface area (Å²) >= 11 is 0. The van der Waals surface area contributed by atoms with E-state index in [0.29, 0.717) is 17.6 Å². The number of rotatable bonds is 3. The van der Waals surface area contributed by atoms with Crippen molar-refractivity contribution in [3.8, 4) is 0 Å². The Hall–Kier alpha value is -1.08. The fourth-order valence-electron chi connectivity index (χ4n) is 1.49. The van der Waals surface area contributed by atoms with Crippen LogP contribution in [0.3, 0.4) is 0 Å². The van der Waals surface area contributed by atoms with Crippen molar-refractivity contribution >= 4 is 18.3 Å². The van der Waals surface area contributed by atoms with E-state index in [4.69, 9.17) is 26.0 Å². The average molecular weight is 269 g/mol. The highest BCUT2D eigenvalue weighted by atomic mass is 16.4. The Bertz CT molecular complexity index is 366. The van der Waals surface area contributed by atoms with Crippen molar-refractivity contribution in [2.75, 3.05) is 12.3 Å². The quantitative estimate of drug-likeness (QED) is 0.383. The van der Waals surface area contributed by atoms with E-state index in [1.807, 2.05) is 20.8 Å². The van der Waals surface area contributed by atoms with Crippen LogP contribution in [0.5, 0.6) is 0 Å². The molecule has 0 spiro atoms. The zero-order chi connectivity index (χ0) is 15.1. The Kier molecular flexibility index (Phi) is 7.70. The second kappa shape index (κ2) is 8.17. The van der Waals surface area contributed by atoms with Crippen molar-refractivity contribution in [3.63, 3.8) is 0 Å². The maximum Gasteiger partial charge on any atom is 0.488 e. The highest BCUT2D eigenvalue weighted by molar-refractivity contribution is 6.58. The maximum atomic E-state index is 8.94. The number of aliphatic hydroxyl groups excluding tert-OH is 2. The molecule has 1 aromatic carbocycles. The molecular weight excluding hydrogens is 245 g/mol. The van der Waals surface area contributed by atoms with E-state index in [1.165, 1.54) is 6.07 Å². The first kappa shape index (κ1) is 17.9. The number of nitrogens with two attached hydrogens (primary N) is 1. The normalized spacial score (nSPS) is 12.4. The SMILES string of the molecule is CC(C)(C)CC(O)CO.Nc1cccc(B(O)O)c1. The number of hydrogen-bond acceptors (Lipinski definition) is 5. The van der Waals surface area contributed by atoms with Gasteiger partial charge in [0.2, 0.25) is 0 Å². The summed E-state index contributed by atoms with van der Waals surface area (Å²) in [6, 6.07) is 6.47. The third-order valence-corrected chi connectivity index (χ3v) is 2.27. The van der Waals surface area contributed by atoms with Gasteiger partial charge in [0, 0.05) is 5.69 Å². The van der Waals surface area contributed by atoms with Crippen LogP contribution >= 0.6 is 0 Å². The molecule has 0 saturated carbocycles. The predicted octanol–water partition coefficient (Wildman–Crippen LogP) is -0.276. The molecule has 1 unspecified atom stereocenters. The van der Waals surface area contributed by atoms with Crippen molar-refractivity contribution in [2.24, 2.45) is 5.41 Å². The molecule has 0 aliphatic rings. The smallest absolute Gasteiger partial charge is 0.423 e. The molecule has 0 radical (unpaired) electrons. The van der Waals surface area contributed by atoms with Crippen LogP contribution in [0.25, 0.3) is 0 Å². The second-order valence-electron chi connectivity index (χ2n) is 5.64. The van der Waals surface area contributed by atoms with Crippen LogP contribution in [0.2, 0.25) is 0 Å². The van der Waals surface area contributed by atoms with Gasteiger partial charge in [-0.1, -0.05) is 32.9 Å². The summed E-state index contributed by atoms with van der Waals surface area (Å²) in [5, 5.41) is 34.7. The monoisotopic (exact) mass is 269 g/mol. The van der Waals surface area contributed by atoms with Gasteiger partial charge >= 0.3 is 7.12 Å². The van der Waals surface area contributed by atoms with Crippen LogP contribution in [0, 0.1) is 5.41 Å². The molecule has 0 aliphatic carbocycles. The number of anilines is 1. The molecule has 0 heterocycles. The van der Waals surface area contributed by atoms with Crippen LogP contribution in [0.15, 0.2) is 24.3 Å². The molecule has 19 heavy (non-hydrogen) atoms. The van der Waals surface area contributed by atoms with Gasteiger partial charge in [0.05, 0.1) is 12.7 Å². The average Bonchev–Trinajstić information content (AvgIpc) is 2.27. The maximum absolute atomic E-state index is 8.94. The summed E-state index contributed by atoms with van der Waals surface area (Å²) < 4.78 is 0. The molecule has 108 valence electrons. The fraction of sp³-hybridized carbons (Fsp3) is 0.538. The number of nitrogen functional groups attached to an aromatic ring is 1. The molecular formula is C13H24BNO4. The van der Waals surface area contributed by atoms with E-state index in [-0.39, 0.29) is 12.0 Å². The van der Waals surface area contributed by atoms with E-state index in [1.54, 1.807) is 18.2 Å². The van der Waals surface area contributed by atoms with Gasteiger partial charge in [0.25, 0.3) is 0 Å². The zero-order valence-corrected chi connectivity index (χ0v) is 11.7. The van der Waals surface area contributed by atoms with Gasteiger partial charge in [0.1, 0.15) is 0 Å². The minimum atomic E-state index is -1.43. The highest BCUT2D eigenvalue weighted by Gasteiger charge is 2.15. The molecule has 6 heteroatoms. The Morgan fingerprint density at radius 2 is 1.84 bits per heavy atom. The molecule has 0 saturated heterocycles. The van der Waals surface area contributed by atoms with Crippen LogP contribution in [0.4, 0.5) is 5.69 Å². The van der Waals surface area contributed by atoms with Gasteiger partial charge < -0.3 is 26.0 Å². The van der Waals surface area contributed by atoms with Crippen LogP contribution in [-0.2, 0) is 0 Å². The second-order valence-corrected chi connectivity index (χ2v) is 5.64. The highest BCUT2D eigenvalue weighted by Crippen LogP contribution is 2.20. The fourth-order valence-corrected chi connectivity index (χ4v) is 1.49. The van der Waals surface area contributed by atoms with E-state index in [9.17, 15) is 0 Å². The van der Waals surface area contributed by atoms with E-state index >= 15 is 0 Å². The topological polar surface area (TPSA) is 107 Å². The zero-order valence-electron chi connectivity index (χ0n) is 11.7. The van der Waals surface area contributed by atoms with E-state index in [2.05, 4.69) is 0 Å². The van der Waals surface area contributed by atoms with Crippen molar-refractivity contribution in [3.05, 3.63) is 24.3 Å². The molecule has 1 aromatic rings. The molecule has 0 fully saturated rings. The number of aliphatic hydroxyl groups is 2. The third-order valence-electron chi connectivity index (χ3n) is 2.27. The summed E-state index contributed by atoms with van der Waals surface area (Å²) in [6.45, 7) is 5.97. The first-order valence-corrected chi connectivity index (χ1v) is 6.16. The first-order chi connectivity index (χ1) is 8.65. The van der Waals surface area contributed by atoms with E-state index in [0.717, 1.165) is 0 Å². The standard InChI is InChI=1S/C7H16O2.C6H8BNO2/c1-7(2,3)4-6(9)5-8;8-6-3-1-2-5(4-6)7(9)10/h6,8-9H,4-5H2,1-3H3;1-4,9-10H,8H2. The van der Waals surface area contributed by atoms with Crippen molar-refractivity contribution in [1.29, 1.82) is 0 Å². The molecule has 0 aliphatic heterocycles. The lowest BCUT2D eigenvalue weighted by Crippen LogP contribution is -2.29. The van der Waals surface area contributed by atoms with Crippen molar-refractivity contribution < 1.29 is 20.3 Å². The number of hydrogen-bond donors (Lipinski definition) is 5. The van der Waals surface area contributed by atoms with Crippen LogP contribution in [-0.4, -0.2) is 40.1 Å². The summed E-state index contributed by atoms with van der Waals surface area (Å²) in [5.74, 6) is 0. The molecule has 0 amide bonds. The minimum absolute atomic E-state index is 0.113. The Labute approximate surface area is 114 Å². The molecule has 0 aromatic heterocycles. The lowest BCUT2D eigenvalue weighted by molar-refractivity contribution is 0.0612. The molecule has 1 rings (SSSR count). The number of benzene rings is 1. The largest absolute Gasteiger partial charge is 0.488 e. The van der Waals surface area contributed by atoms with Crippen LogP contribution in [0.1, 0.15) is 27.2 Å². The summed E-state index contributed by atoms with van der Waals surface area (Å²) in [4.78, 5) is 0. The van der Waals surface area contributed by atoms with Crippen molar-refractivity contribution in [2.45, 2.75) is 33.3 Å². The first-order valence-electron chi connectivity index (χ1n) is 6.16. The van der Waals surface area contributed by atoms with Gasteiger partial charge in [-0.25, -0.2) is 0 Å². The molecule has 6 N–H and O–H groups in total. The van der Waals surface area contributed by atoms with Crippen LogP contribution < -0.4 is 11.2 Å². The van der Waals surface area contributed by atoms with E-state index < -0.39 is 13.2 Å². The third kappa shape index (κ3) is 9.50.